The summed E-state index contributed by atoms with van der Waals surface area (Å²) in [4.78, 5) is 21.8. The van der Waals surface area contributed by atoms with E-state index in [1.165, 1.54) is 0 Å². The van der Waals surface area contributed by atoms with Crippen molar-refractivity contribution in [3.05, 3.63) is 39.7 Å². The van der Waals surface area contributed by atoms with Crippen LogP contribution in [0.25, 0.3) is 0 Å². The van der Waals surface area contributed by atoms with E-state index >= 15 is 0 Å². The molecule has 7 nitrogen and oxygen atoms in total. The number of nitrogens with one attached hydrogen (secondary N) is 1. The highest BCUT2D eigenvalue weighted by Crippen LogP contribution is 2.22. The molecule has 21 heavy (non-hydrogen) atoms. The van der Waals surface area contributed by atoms with E-state index in [0.717, 1.165) is 18.2 Å². The van der Waals surface area contributed by atoms with E-state index in [4.69, 9.17) is 9.47 Å². The summed E-state index contributed by atoms with van der Waals surface area (Å²) in [6.45, 7) is 3.93. The first-order valence-electron chi connectivity index (χ1n) is 6.32. The fourth-order valence-electron chi connectivity index (χ4n) is 1.97. The van der Waals surface area contributed by atoms with Crippen molar-refractivity contribution in [2.75, 3.05) is 13.2 Å². The standard InChI is InChI=1S/C13H15FN2O5/c1-13(2)20-7-9(21-13)6-15-12(17)10-5-8(16(18)19)3-4-11(10)14/h3-5,9H,6-7H2,1-2H3,(H,15,17). The number of carbonyl (C=O) groups excluding carboxylic acids is 1. The van der Waals surface area contributed by atoms with Crippen LogP contribution in [0.4, 0.5) is 10.1 Å². The quantitative estimate of drug-likeness (QED) is 0.673. The zero-order valence-electron chi connectivity index (χ0n) is 11.6. The summed E-state index contributed by atoms with van der Waals surface area (Å²) in [6.07, 6.45) is -0.342. The Bertz CT molecular complexity index is 576. The van der Waals surface area contributed by atoms with Crippen LogP contribution in [0.15, 0.2) is 18.2 Å². The summed E-state index contributed by atoms with van der Waals surface area (Å²) in [7, 11) is 0. The molecule has 1 atom stereocenters. The molecular weight excluding hydrogens is 283 g/mol. The van der Waals surface area contributed by atoms with Crippen molar-refractivity contribution in [1.82, 2.24) is 5.32 Å². The van der Waals surface area contributed by atoms with Gasteiger partial charge in [-0.05, 0) is 19.9 Å². The smallest absolute Gasteiger partial charge is 0.270 e. The normalized spacial score (nSPS) is 20.2. The minimum atomic E-state index is -0.818. The van der Waals surface area contributed by atoms with Gasteiger partial charge in [-0.15, -0.1) is 0 Å². The Morgan fingerprint density at radius 2 is 2.29 bits per heavy atom. The Kier molecular flexibility index (Phi) is 4.19. The molecule has 1 amide bonds. The maximum Gasteiger partial charge on any atom is 0.270 e. The zero-order valence-corrected chi connectivity index (χ0v) is 11.6. The van der Waals surface area contributed by atoms with Gasteiger partial charge in [0.25, 0.3) is 11.6 Å². The second-order valence-corrected chi connectivity index (χ2v) is 5.08. The molecular formula is C13H15FN2O5. The number of nitro benzene ring substituents is 1. The molecule has 0 aromatic heterocycles. The van der Waals surface area contributed by atoms with E-state index in [0.29, 0.717) is 6.61 Å². The second-order valence-electron chi connectivity index (χ2n) is 5.08. The van der Waals surface area contributed by atoms with Crippen LogP contribution in [0.3, 0.4) is 0 Å². The van der Waals surface area contributed by atoms with E-state index in [9.17, 15) is 19.3 Å². The topological polar surface area (TPSA) is 90.7 Å². The number of non-ortho nitro benzene ring substituents is 1. The Balaban J connectivity index is 2.00. The summed E-state index contributed by atoms with van der Waals surface area (Å²) in [5.41, 5.74) is -0.717. The number of amides is 1. The van der Waals surface area contributed by atoms with Gasteiger partial charge >= 0.3 is 0 Å². The van der Waals surface area contributed by atoms with Gasteiger partial charge in [0.2, 0.25) is 0 Å². The molecule has 0 aliphatic carbocycles. The third-order valence-electron chi connectivity index (χ3n) is 2.96. The first-order chi connectivity index (χ1) is 9.78. The Hall–Kier alpha value is -2.06. The lowest BCUT2D eigenvalue weighted by atomic mass is 10.1. The van der Waals surface area contributed by atoms with Crippen LogP contribution in [0.1, 0.15) is 24.2 Å². The Morgan fingerprint density at radius 1 is 1.57 bits per heavy atom. The van der Waals surface area contributed by atoms with Gasteiger partial charge in [0, 0.05) is 18.7 Å². The third-order valence-corrected chi connectivity index (χ3v) is 2.96. The molecule has 0 spiro atoms. The number of carbonyl (C=O) groups is 1. The average Bonchev–Trinajstić information content (AvgIpc) is 2.76. The Labute approximate surface area is 120 Å². The molecule has 1 aromatic rings. The molecule has 1 heterocycles. The maximum atomic E-state index is 13.6. The van der Waals surface area contributed by atoms with E-state index < -0.39 is 22.4 Å². The second kappa shape index (κ2) is 5.74. The van der Waals surface area contributed by atoms with Crippen LogP contribution in [0.2, 0.25) is 0 Å². The van der Waals surface area contributed by atoms with Gasteiger partial charge in [-0.3, -0.25) is 14.9 Å². The first kappa shape index (κ1) is 15.3. The van der Waals surface area contributed by atoms with Crippen molar-refractivity contribution in [3.8, 4) is 0 Å². The number of nitro groups is 1. The number of halogens is 1. The van der Waals surface area contributed by atoms with Crippen molar-refractivity contribution in [2.45, 2.75) is 25.7 Å². The van der Waals surface area contributed by atoms with Crippen LogP contribution in [-0.4, -0.2) is 35.9 Å². The molecule has 2 rings (SSSR count). The highest BCUT2D eigenvalue weighted by Gasteiger charge is 2.32. The zero-order chi connectivity index (χ0) is 15.6. The van der Waals surface area contributed by atoms with E-state index in [2.05, 4.69) is 5.32 Å². The summed E-state index contributed by atoms with van der Waals surface area (Å²) in [5.74, 6) is -2.27. The molecule has 1 aliphatic rings. The molecule has 114 valence electrons. The Morgan fingerprint density at radius 3 is 2.86 bits per heavy atom. The SMILES string of the molecule is CC1(C)OCC(CNC(=O)c2cc([N+](=O)[O-])ccc2F)O1. The fourth-order valence-corrected chi connectivity index (χ4v) is 1.97. The molecule has 1 N–H and O–H groups in total. The molecule has 1 saturated heterocycles. The number of rotatable bonds is 4. The molecule has 8 heteroatoms. The van der Waals surface area contributed by atoms with Gasteiger partial charge in [-0.2, -0.15) is 0 Å². The van der Waals surface area contributed by atoms with Crippen LogP contribution in [0, 0.1) is 15.9 Å². The van der Waals surface area contributed by atoms with Gasteiger partial charge in [0.15, 0.2) is 5.79 Å². The molecule has 1 aromatic carbocycles. The molecule has 1 fully saturated rings. The molecule has 0 saturated carbocycles. The van der Waals surface area contributed by atoms with Crippen molar-refractivity contribution in [1.29, 1.82) is 0 Å². The summed E-state index contributed by atoms with van der Waals surface area (Å²) >= 11 is 0. The fraction of sp³-hybridized carbons (Fsp3) is 0.462. The van der Waals surface area contributed by atoms with Crippen molar-refractivity contribution >= 4 is 11.6 Å². The van der Waals surface area contributed by atoms with Crippen LogP contribution < -0.4 is 5.32 Å². The summed E-state index contributed by atoms with van der Waals surface area (Å²) in [6, 6.07) is 2.80. The predicted molar refractivity (Wildman–Crippen MR) is 70.3 cm³/mol. The van der Waals surface area contributed by atoms with Gasteiger partial charge < -0.3 is 14.8 Å². The van der Waals surface area contributed by atoms with Crippen molar-refractivity contribution < 1.29 is 23.6 Å². The maximum absolute atomic E-state index is 13.6. The van der Waals surface area contributed by atoms with Gasteiger partial charge in [-0.25, -0.2) is 4.39 Å². The molecule has 1 aliphatic heterocycles. The number of nitrogens with zero attached hydrogens (tertiary/aromatic N) is 1. The highest BCUT2D eigenvalue weighted by atomic mass is 19.1. The van der Waals surface area contributed by atoms with Crippen molar-refractivity contribution in [2.24, 2.45) is 0 Å². The predicted octanol–water partition coefficient (Wildman–Crippen LogP) is 1.62. The summed E-state index contributed by atoms with van der Waals surface area (Å²) < 4.78 is 24.4. The van der Waals surface area contributed by atoms with Crippen LogP contribution in [-0.2, 0) is 9.47 Å². The molecule has 0 bridgehead atoms. The van der Waals surface area contributed by atoms with Gasteiger partial charge in [-0.1, -0.05) is 0 Å². The summed E-state index contributed by atoms with van der Waals surface area (Å²) in [5, 5.41) is 13.1. The van der Waals surface area contributed by atoms with Crippen LogP contribution in [0.5, 0.6) is 0 Å². The average molecular weight is 298 g/mol. The monoisotopic (exact) mass is 298 g/mol. The molecule has 1 unspecified atom stereocenters. The number of hydrogen-bond acceptors (Lipinski definition) is 5. The molecule has 0 radical (unpaired) electrons. The third kappa shape index (κ3) is 3.73. The highest BCUT2D eigenvalue weighted by molar-refractivity contribution is 5.95. The van der Waals surface area contributed by atoms with Crippen molar-refractivity contribution in [3.63, 3.8) is 0 Å². The van der Waals surface area contributed by atoms with Gasteiger partial charge in [0.1, 0.15) is 11.9 Å². The van der Waals surface area contributed by atoms with Gasteiger partial charge in [0.05, 0.1) is 17.1 Å². The first-order valence-corrected chi connectivity index (χ1v) is 6.32. The lowest BCUT2D eigenvalue weighted by Gasteiger charge is -2.17. The number of hydrogen-bond donors (Lipinski definition) is 1. The minimum Gasteiger partial charge on any atom is -0.349 e. The van der Waals surface area contributed by atoms with E-state index in [1.807, 2.05) is 0 Å². The lowest BCUT2D eigenvalue weighted by Crippen LogP contribution is -2.34. The van der Waals surface area contributed by atoms with Crippen LogP contribution >= 0.6 is 0 Å². The van der Waals surface area contributed by atoms with E-state index in [1.54, 1.807) is 13.8 Å². The largest absolute Gasteiger partial charge is 0.349 e. The number of ether oxygens (including phenoxy) is 2. The number of benzene rings is 1. The van der Waals surface area contributed by atoms with E-state index in [-0.39, 0.29) is 23.9 Å². The minimum absolute atomic E-state index is 0.129. The lowest BCUT2D eigenvalue weighted by molar-refractivity contribution is -0.384.